The first-order chi connectivity index (χ1) is 13.9. The van der Waals surface area contributed by atoms with E-state index in [1.807, 2.05) is 44.2 Å². The summed E-state index contributed by atoms with van der Waals surface area (Å²) in [5.41, 5.74) is 8.79. The Morgan fingerprint density at radius 2 is 1.72 bits per heavy atom. The van der Waals surface area contributed by atoms with Crippen LogP contribution in [0.5, 0.6) is 0 Å². The molecule has 0 atom stereocenters. The Balaban J connectivity index is 1.62. The van der Waals surface area contributed by atoms with E-state index in [4.69, 9.17) is 11.6 Å². The summed E-state index contributed by atoms with van der Waals surface area (Å²) in [6.07, 6.45) is 2.89. The molecule has 3 rings (SSSR count). The molecule has 0 radical (unpaired) electrons. The second-order valence-electron chi connectivity index (χ2n) is 6.58. The van der Waals surface area contributed by atoms with Crippen LogP contribution in [0.15, 0.2) is 60.7 Å². The van der Waals surface area contributed by atoms with Crippen molar-refractivity contribution in [3.05, 3.63) is 93.8 Å². The van der Waals surface area contributed by atoms with Crippen LogP contribution in [-0.2, 0) is 11.3 Å². The molecule has 0 aliphatic carbocycles. The lowest BCUT2D eigenvalue weighted by Crippen LogP contribution is -2.40. The Bertz CT molecular complexity index is 1040. The van der Waals surface area contributed by atoms with E-state index in [0.29, 0.717) is 28.5 Å². The molecule has 0 unspecified atom stereocenters. The zero-order valence-corrected chi connectivity index (χ0v) is 16.9. The quantitative estimate of drug-likeness (QED) is 0.499. The average molecular weight is 409 g/mol. The molecule has 6 nitrogen and oxygen atoms in total. The summed E-state index contributed by atoms with van der Waals surface area (Å²) >= 11 is 6.45. The fourth-order valence-corrected chi connectivity index (χ4v) is 3.01. The van der Waals surface area contributed by atoms with Crippen molar-refractivity contribution in [1.29, 1.82) is 0 Å². The molecule has 0 aliphatic heterocycles. The van der Waals surface area contributed by atoms with Crippen molar-refractivity contribution in [2.45, 2.75) is 20.4 Å². The molecule has 148 valence electrons. The zero-order chi connectivity index (χ0) is 20.8. The number of rotatable bonds is 5. The third-order valence-corrected chi connectivity index (χ3v) is 4.70. The van der Waals surface area contributed by atoms with E-state index in [0.717, 1.165) is 5.56 Å². The number of hydrogen-bond acceptors (Lipinski definition) is 3. The van der Waals surface area contributed by atoms with Crippen LogP contribution < -0.4 is 10.9 Å². The van der Waals surface area contributed by atoms with Crippen LogP contribution in [0.25, 0.3) is 6.08 Å². The molecular weight excluding hydrogens is 388 g/mol. The minimum atomic E-state index is -0.476. The van der Waals surface area contributed by atoms with Gasteiger partial charge >= 0.3 is 0 Å². The van der Waals surface area contributed by atoms with Gasteiger partial charge in [0.2, 0.25) is 0 Å². The van der Waals surface area contributed by atoms with Crippen LogP contribution in [0.4, 0.5) is 0 Å². The van der Waals surface area contributed by atoms with Gasteiger partial charge in [-0.2, -0.15) is 5.10 Å². The summed E-state index contributed by atoms with van der Waals surface area (Å²) in [7, 11) is 0. The summed E-state index contributed by atoms with van der Waals surface area (Å²) in [6.45, 7) is 4.39. The van der Waals surface area contributed by atoms with Crippen molar-refractivity contribution >= 4 is 29.5 Å². The molecular formula is C22H21ClN4O2. The minimum absolute atomic E-state index is 0.396. The normalized spacial score (nSPS) is 10.9. The van der Waals surface area contributed by atoms with E-state index in [2.05, 4.69) is 16.0 Å². The summed E-state index contributed by atoms with van der Waals surface area (Å²) in [4.78, 5) is 24.0. The molecule has 0 saturated carbocycles. The van der Waals surface area contributed by atoms with Gasteiger partial charge in [-0.25, -0.2) is 4.68 Å². The molecule has 3 aromatic rings. The van der Waals surface area contributed by atoms with Crippen molar-refractivity contribution in [1.82, 2.24) is 20.6 Å². The topological polar surface area (TPSA) is 76.0 Å². The van der Waals surface area contributed by atoms with Crippen molar-refractivity contribution in [3.63, 3.8) is 0 Å². The molecule has 0 saturated heterocycles. The van der Waals surface area contributed by atoms with E-state index in [1.54, 1.807) is 35.0 Å². The first-order valence-electron chi connectivity index (χ1n) is 9.06. The number of carbonyl (C=O) groups excluding carboxylic acids is 2. The molecule has 0 spiro atoms. The molecule has 0 fully saturated rings. The Hall–Kier alpha value is -3.38. The van der Waals surface area contributed by atoms with Crippen LogP contribution in [-0.4, -0.2) is 21.6 Å². The molecule has 2 amide bonds. The fourth-order valence-electron chi connectivity index (χ4n) is 2.71. The summed E-state index contributed by atoms with van der Waals surface area (Å²) in [5.74, 6) is -0.872. The molecule has 2 aromatic carbocycles. The Kier molecular flexibility index (Phi) is 6.46. The highest BCUT2D eigenvalue weighted by atomic mass is 35.5. The lowest BCUT2D eigenvalue weighted by molar-refractivity contribution is -0.117. The summed E-state index contributed by atoms with van der Waals surface area (Å²) in [6, 6.07) is 16.7. The van der Waals surface area contributed by atoms with Gasteiger partial charge in [-0.3, -0.25) is 20.4 Å². The molecule has 2 N–H and O–H groups in total. The highest BCUT2D eigenvalue weighted by Crippen LogP contribution is 2.22. The van der Waals surface area contributed by atoms with Crippen molar-refractivity contribution in [3.8, 4) is 0 Å². The molecule has 1 heterocycles. The lowest BCUT2D eigenvalue weighted by atomic mass is 10.1. The van der Waals surface area contributed by atoms with E-state index in [1.165, 1.54) is 11.6 Å². The van der Waals surface area contributed by atoms with Crippen LogP contribution in [0.1, 0.15) is 32.7 Å². The second-order valence-corrected chi connectivity index (χ2v) is 6.93. The van der Waals surface area contributed by atoms with Gasteiger partial charge in [0.25, 0.3) is 11.8 Å². The van der Waals surface area contributed by atoms with E-state index in [9.17, 15) is 9.59 Å². The summed E-state index contributed by atoms with van der Waals surface area (Å²) < 4.78 is 1.69. The van der Waals surface area contributed by atoms with Gasteiger partial charge < -0.3 is 0 Å². The molecule has 0 aliphatic rings. The lowest BCUT2D eigenvalue weighted by Gasteiger charge is -2.05. The Morgan fingerprint density at radius 3 is 2.41 bits per heavy atom. The third kappa shape index (κ3) is 5.33. The van der Waals surface area contributed by atoms with E-state index >= 15 is 0 Å². The Morgan fingerprint density at radius 1 is 1.03 bits per heavy atom. The highest BCUT2D eigenvalue weighted by molar-refractivity contribution is 6.31. The van der Waals surface area contributed by atoms with Gasteiger partial charge in [0.1, 0.15) is 5.15 Å². The molecule has 1 aromatic heterocycles. The molecule has 7 heteroatoms. The number of benzene rings is 2. The van der Waals surface area contributed by atoms with Crippen LogP contribution in [0, 0.1) is 13.8 Å². The fraction of sp³-hybridized carbons (Fsp3) is 0.136. The van der Waals surface area contributed by atoms with Crippen molar-refractivity contribution in [2.75, 3.05) is 0 Å². The number of hydrazine groups is 1. The number of nitrogens with zero attached hydrogens (tertiary/aromatic N) is 2. The number of hydrogen-bond donors (Lipinski definition) is 2. The maximum absolute atomic E-state index is 12.0. The smallest absolute Gasteiger partial charge is 0.268 e. The predicted molar refractivity (Wildman–Crippen MR) is 113 cm³/mol. The number of aryl methyl sites for hydroxylation is 2. The third-order valence-electron chi connectivity index (χ3n) is 4.30. The van der Waals surface area contributed by atoms with Crippen molar-refractivity contribution in [2.24, 2.45) is 0 Å². The van der Waals surface area contributed by atoms with Crippen molar-refractivity contribution < 1.29 is 9.59 Å². The zero-order valence-electron chi connectivity index (χ0n) is 16.1. The monoisotopic (exact) mass is 408 g/mol. The maximum Gasteiger partial charge on any atom is 0.269 e. The van der Waals surface area contributed by atoms with Crippen LogP contribution in [0.2, 0.25) is 5.15 Å². The summed E-state index contributed by atoms with van der Waals surface area (Å²) in [5, 5.41) is 4.90. The number of carbonyl (C=O) groups is 2. The predicted octanol–water partition coefficient (Wildman–Crippen LogP) is 3.68. The van der Waals surface area contributed by atoms with Gasteiger partial charge in [0.05, 0.1) is 12.2 Å². The highest BCUT2D eigenvalue weighted by Gasteiger charge is 2.12. The van der Waals surface area contributed by atoms with Crippen LogP contribution in [0.3, 0.4) is 0 Å². The van der Waals surface area contributed by atoms with E-state index < -0.39 is 11.8 Å². The first-order valence-corrected chi connectivity index (χ1v) is 9.43. The maximum atomic E-state index is 12.0. The molecule has 0 bridgehead atoms. The standard InChI is InChI=1S/C22H21ClN4O2/c1-15-8-10-17(11-9-15)14-27-21(23)19(16(2)26-27)12-13-20(28)24-25-22(29)18-6-4-3-5-7-18/h3-13H,14H2,1-2H3,(H,24,28)(H,25,29)/b13-12+. The van der Waals surface area contributed by atoms with Gasteiger partial charge in [-0.15, -0.1) is 0 Å². The number of aromatic nitrogens is 2. The van der Waals surface area contributed by atoms with Gasteiger partial charge in [0.15, 0.2) is 0 Å². The van der Waals surface area contributed by atoms with E-state index in [-0.39, 0.29) is 0 Å². The first kappa shape index (κ1) is 20.4. The largest absolute Gasteiger partial charge is 0.269 e. The van der Waals surface area contributed by atoms with Gasteiger partial charge in [0, 0.05) is 17.2 Å². The number of halogens is 1. The number of nitrogens with one attached hydrogen (secondary N) is 2. The second kappa shape index (κ2) is 9.21. The van der Waals surface area contributed by atoms with Crippen LogP contribution >= 0.6 is 11.6 Å². The Labute approximate surface area is 174 Å². The number of amides is 2. The van der Waals surface area contributed by atoms with Gasteiger partial charge in [-0.1, -0.05) is 59.6 Å². The molecule has 29 heavy (non-hydrogen) atoms. The SMILES string of the molecule is Cc1ccc(Cn2nc(C)c(/C=C/C(=O)NNC(=O)c3ccccc3)c2Cl)cc1. The minimum Gasteiger partial charge on any atom is -0.268 e. The average Bonchev–Trinajstić information content (AvgIpc) is 2.99. The van der Waals surface area contributed by atoms with Gasteiger partial charge in [-0.05, 0) is 37.6 Å².